The Morgan fingerprint density at radius 3 is 3.00 bits per heavy atom. The molecule has 0 radical (unpaired) electrons. The summed E-state index contributed by atoms with van der Waals surface area (Å²) < 4.78 is 13.7. The molecule has 1 fully saturated rings. The first-order valence-electron chi connectivity index (χ1n) is 7.29. The van der Waals surface area contributed by atoms with Crippen LogP contribution in [0.5, 0.6) is 0 Å². The Morgan fingerprint density at radius 1 is 1.57 bits per heavy atom. The highest BCUT2D eigenvalue weighted by molar-refractivity contribution is 5.95. The molecule has 2 rings (SSSR count). The van der Waals surface area contributed by atoms with Crippen LogP contribution >= 0.6 is 0 Å². The van der Waals surface area contributed by atoms with Gasteiger partial charge in [0.05, 0.1) is 17.7 Å². The van der Waals surface area contributed by atoms with E-state index in [0.717, 1.165) is 25.8 Å². The second-order valence-corrected chi connectivity index (χ2v) is 5.54. The summed E-state index contributed by atoms with van der Waals surface area (Å²) in [6.45, 7) is 4.54. The van der Waals surface area contributed by atoms with Crippen LogP contribution in [0.15, 0.2) is 12.1 Å². The lowest BCUT2D eigenvalue weighted by Crippen LogP contribution is -2.46. The van der Waals surface area contributed by atoms with Crippen molar-refractivity contribution in [1.82, 2.24) is 5.32 Å². The molecule has 1 heterocycles. The molecule has 2 N–H and O–H groups in total. The fourth-order valence-corrected chi connectivity index (χ4v) is 2.66. The number of carbonyl (C=O) groups is 1. The molecule has 2 unspecified atom stereocenters. The number of benzene rings is 1. The van der Waals surface area contributed by atoms with Gasteiger partial charge in [0.2, 0.25) is 5.91 Å². The first kappa shape index (κ1) is 15.5. The molecule has 112 valence electrons. The van der Waals surface area contributed by atoms with E-state index < -0.39 is 5.82 Å². The van der Waals surface area contributed by atoms with Crippen LogP contribution < -0.4 is 10.6 Å². The number of nitriles is 1. The Balaban J connectivity index is 2.13. The summed E-state index contributed by atoms with van der Waals surface area (Å²) in [7, 11) is 0. The van der Waals surface area contributed by atoms with Crippen LogP contribution in [-0.4, -0.2) is 18.5 Å². The van der Waals surface area contributed by atoms with Crippen LogP contribution in [0.2, 0.25) is 0 Å². The highest BCUT2D eigenvalue weighted by Gasteiger charge is 2.26. The van der Waals surface area contributed by atoms with Gasteiger partial charge in [-0.15, -0.1) is 0 Å². The molecule has 1 aromatic carbocycles. The van der Waals surface area contributed by atoms with Gasteiger partial charge in [-0.05, 0) is 44.4 Å². The van der Waals surface area contributed by atoms with Crippen molar-refractivity contribution >= 4 is 11.6 Å². The molecular formula is C16H20FN3O. The highest BCUT2D eigenvalue weighted by Crippen LogP contribution is 2.23. The quantitative estimate of drug-likeness (QED) is 0.899. The van der Waals surface area contributed by atoms with Crippen molar-refractivity contribution in [2.45, 2.75) is 39.2 Å². The summed E-state index contributed by atoms with van der Waals surface area (Å²) >= 11 is 0. The van der Waals surface area contributed by atoms with E-state index in [1.54, 1.807) is 6.92 Å². The average molecular weight is 289 g/mol. The maximum atomic E-state index is 13.7. The molecule has 0 bridgehead atoms. The van der Waals surface area contributed by atoms with E-state index in [4.69, 9.17) is 5.26 Å². The second kappa shape index (κ2) is 6.68. The zero-order valence-corrected chi connectivity index (χ0v) is 12.4. The van der Waals surface area contributed by atoms with Crippen molar-refractivity contribution in [1.29, 1.82) is 5.26 Å². The third-order valence-corrected chi connectivity index (χ3v) is 4.14. The molecule has 1 saturated heterocycles. The van der Waals surface area contributed by atoms with E-state index in [0.29, 0.717) is 17.2 Å². The van der Waals surface area contributed by atoms with Crippen LogP contribution in [0.25, 0.3) is 0 Å². The number of piperidine rings is 1. The van der Waals surface area contributed by atoms with Crippen molar-refractivity contribution in [2.75, 3.05) is 11.9 Å². The van der Waals surface area contributed by atoms with E-state index in [1.165, 1.54) is 12.1 Å². The molecule has 1 amide bonds. The normalized spacial score (nSPS) is 21.6. The van der Waals surface area contributed by atoms with E-state index in [1.807, 2.05) is 6.07 Å². The van der Waals surface area contributed by atoms with E-state index in [9.17, 15) is 9.18 Å². The standard InChI is InChI=1S/C16H20FN3O/c1-3-11-4-5-19-15(7-11)16(21)20-14-8-12(9-18)6-13(17)10(14)2/h6,8,11,15,19H,3-5,7H2,1-2H3,(H,20,21). The lowest BCUT2D eigenvalue weighted by molar-refractivity contribution is -0.119. The zero-order valence-electron chi connectivity index (χ0n) is 12.4. The van der Waals surface area contributed by atoms with Crippen molar-refractivity contribution in [3.05, 3.63) is 29.1 Å². The number of amides is 1. The van der Waals surface area contributed by atoms with Crippen LogP contribution in [0.4, 0.5) is 10.1 Å². The Morgan fingerprint density at radius 2 is 2.33 bits per heavy atom. The summed E-state index contributed by atoms with van der Waals surface area (Å²) in [5.41, 5.74) is 0.929. The van der Waals surface area contributed by atoms with Gasteiger partial charge in [-0.1, -0.05) is 13.3 Å². The molecule has 0 spiro atoms. The number of anilines is 1. The maximum absolute atomic E-state index is 13.7. The van der Waals surface area contributed by atoms with Crippen LogP contribution in [-0.2, 0) is 4.79 Å². The topological polar surface area (TPSA) is 64.9 Å². The maximum Gasteiger partial charge on any atom is 0.241 e. The Labute approximate surface area is 124 Å². The summed E-state index contributed by atoms with van der Waals surface area (Å²) in [6.07, 6.45) is 2.93. The van der Waals surface area contributed by atoms with Gasteiger partial charge < -0.3 is 10.6 Å². The second-order valence-electron chi connectivity index (χ2n) is 5.54. The minimum Gasteiger partial charge on any atom is -0.324 e. The van der Waals surface area contributed by atoms with Crippen molar-refractivity contribution in [3.8, 4) is 6.07 Å². The van der Waals surface area contributed by atoms with E-state index >= 15 is 0 Å². The molecule has 21 heavy (non-hydrogen) atoms. The van der Waals surface area contributed by atoms with Gasteiger partial charge in [-0.2, -0.15) is 5.26 Å². The molecule has 5 heteroatoms. The van der Waals surface area contributed by atoms with Crippen molar-refractivity contribution < 1.29 is 9.18 Å². The smallest absolute Gasteiger partial charge is 0.241 e. The fraction of sp³-hybridized carbons (Fsp3) is 0.500. The molecule has 1 aliphatic heterocycles. The van der Waals surface area contributed by atoms with Crippen molar-refractivity contribution in [2.24, 2.45) is 5.92 Å². The summed E-state index contributed by atoms with van der Waals surface area (Å²) in [4.78, 5) is 12.3. The third-order valence-electron chi connectivity index (χ3n) is 4.14. The largest absolute Gasteiger partial charge is 0.324 e. The number of halogens is 1. The number of carbonyl (C=O) groups excluding carboxylic acids is 1. The summed E-state index contributed by atoms with van der Waals surface area (Å²) in [6, 6.07) is 4.33. The summed E-state index contributed by atoms with van der Waals surface area (Å²) in [5.74, 6) is -0.0941. The summed E-state index contributed by atoms with van der Waals surface area (Å²) in [5, 5.41) is 14.8. The van der Waals surface area contributed by atoms with Gasteiger partial charge in [0.15, 0.2) is 0 Å². The van der Waals surface area contributed by atoms with Crippen LogP contribution in [0.1, 0.15) is 37.3 Å². The van der Waals surface area contributed by atoms with Gasteiger partial charge >= 0.3 is 0 Å². The van der Waals surface area contributed by atoms with Gasteiger partial charge in [0, 0.05) is 11.3 Å². The molecule has 1 aliphatic rings. The average Bonchev–Trinajstić information content (AvgIpc) is 2.51. The monoisotopic (exact) mass is 289 g/mol. The Bertz CT molecular complexity index is 580. The van der Waals surface area contributed by atoms with Crippen LogP contribution in [0.3, 0.4) is 0 Å². The van der Waals surface area contributed by atoms with Crippen molar-refractivity contribution in [3.63, 3.8) is 0 Å². The van der Waals surface area contributed by atoms with E-state index in [-0.39, 0.29) is 17.5 Å². The minimum atomic E-state index is -0.479. The molecule has 0 aromatic heterocycles. The Hall–Kier alpha value is -1.93. The van der Waals surface area contributed by atoms with Gasteiger partial charge in [-0.3, -0.25) is 4.79 Å². The zero-order chi connectivity index (χ0) is 15.4. The predicted molar refractivity (Wildman–Crippen MR) is 79.3 cm³/mol. The third kappa shape index (κ3) is 3.59. The number of nitrogens with zero attached hydrogens (tertiary/aromatic N) is 1. The van der Waals surface area contributed by atoms with E-state index in [2.05, 4.69) is 17.6 Å². The number of hydrogen-bond acceptors (Lipinski definition) is 3. The predicted octanol–water partition coefficient (Wildman–Crippen LogP) is 2.72. The first-order valence-corrected chi connectivity index (χ1v) is 7.29. The molecular weight excluding hydrogens is 269 g/mol. The first-order chi connectivity index (χ1) is 10.0. The number of rotatable bonds is 3. The highest BCUT2D eigenvalue weighted by atomic mass is 19.1. The minimum absolute atomic E-state index is 0.161. The molecule has 1 aromatic rings. The van der Waals surface area contributed by atoms with Gasteiger partial charge in [0.1, 0.15) is 5.82 Å². The SMILES string of the molecule is CCC1CCNC(C(=O)Nc2cc(C#N)cc(F)c2C)C1. The molecule has 0 saturated carbocycles. The lowest BCUT2D eigenvalue weighted by atomic mass is 9.90. The van der Waals surface area contributed by atoms with Crippen LogP contribution in [0, 0.1) is 30.0 Å². The Kier molecular flexibility index (Phi) is 4.92. The van der Waals surface area contributed by atoms with Gasteiger partial charge in [-0.25, -0.2) is 4.39 Å². The molecule has 2 atom stereocenters. The lowest BCUT2D eigenvalue weighted by Gasteiger charge is -2.29. The fourth-order valence-electron chi connectivity index (χ4n) is 2.66. The van der Waals surface area contributed by atoms with Gasteiger partial charge in [0.25, 0.3) is 0 Å². The molecule has 0 aliphatic carbocycles. The molecule has 4 nitrogen and oxygen atoms in total. The number of nitrogens with one attached hydrogen (secondary N) is 2. The number of hydrogen-bond donors (Lipinski definition) is 2.